The third-order valence-electron chi connectivity index (χ3n) is 8.11. The number of rotatable bonds is 18. The van der Waals surface area contributed by atoms with E-state index in [9.17, 15) is 0 Å². The molecule has 0 aliphatic carbocycles. The van der Waals surface area contributed by atoms with Gasteiger partial charge in [0.25, 0.3) is 0 Å². The lowest BCUT2D eigenvalue weighted by atomic mass is 10.1. The molecule has 0 saturated carbocycles. The molecule has 0 bridgehead atoms. The van der Waals surface area contributed by atoms with Crippen LogP contribution in [0.2, 0.25) is 0 Å². The van der Waals surface area contributed by atoms with Crippen LogP contribution in [0.5, 0.6) is 0 Å². The summed E-state index contributed by atoms with van der Waals surface area (Å²) in [5, 5.41) is 4.28. The van der Waals surface area contributed by atoms with Gasteiger partial charge in [0.05, 0.1) is 6.16 Å². The lowest BCUT2D eigenvalue weighted by molar-refractivity contribution is 0.563. The van der Waals surface area contributed by atoms with Crippen molar-refractivity contribution in [1.82, 2.24) is 0 Å². The minimum atomic E-state index is -1.88. The molecule has 0 radical (unpaired) electrons. The van der Waals surface area contributed by atoms with E-state index < -0.39 is 7.26 Å². The summed E-state index contributed by atoms with van der Waals surface area (Å²) in [5.41, 5.74) is 2.73. The highest BCUT2D eigenvalue weighted by Crippen LogP contribution is 2.58. The molecule has 0 atom stereocenters. The van der Waals surface area contributed by atoms with Crippen LogP contribution >= 0.6 is 43.0 Å². The molecule has 0 aliphatic rings. The van der Waals surface area contributed by atoms with E-state index in [2.05, 4.69) is 122 Å². The van der Waals surface area contributed by atoms with E-state index in [4.69, 9.17) is 12.2 Å². The van der Waals surface area contributed by atoms with Gasteiger partial charge in [-0.15, -0.1) is 23.5 Å². The molecule has 0 heterocycles. The van der Waals surface area contributed by atoms with Crippen LogP contribution in [-0.4, -0.2) is 9.28 Å². The van der Waals surface area contributed by atoms with Gasteiger partial charge < -0.3 is 0 Å². The van der Waals surface area contributed by atoms with Crippen molar-refractivity contribution in [2.45, 2.75) is 83.0 Å². The van der Waals surface area contributed by atoms with Gasteiger partial charge in [-0.1, -0.05) is 156 Å². The molecule has 0 nitrogen and oxygen atoms in total. The predicted octanol–water partition coefficient (Wildman–Crippen LogP) is 11.4. The van der Waals surface area contributed by atoms with Crippen molar-refractivity contribution in [1.29, 1.82) is 0 Å². The van der Waals surface area contributed by atoms with E-state index >= 15 is 0 Å². The zero-order valence-electron chi connectivity index (χ0n) is 25.8. The van der Waals surface area contributed by atoms with E-state index in [1.165, 1.54) is 91.2 Å². The van der Waals surface area contributed by atoms with Gasteiger partial charge in [0.2, 0.25) is 0 Å². The van der Waals surface area contributed by atoms with Crippen LogP contribution in [0, 0.1) is 0 Å². The van der Waals surface area contributed by atoms with Crippen LogP contribution in [0.4, 0.5) is 0 Å². The van der Waals surface area contributed by atoms with Gasteiger partial charge in [0.15, 0.2) is 0 Å². The zero-order valence-corrected chi connectivity index (χ0v) is 29.2. The van der Waals surface area contributed by atoms with Gasteiger partial charge in [-0.25, -0.2) is 0 Å². The topological polar surface area (TPSA) is 0 Å². The fourth-order valence-corrected chi connectivity index (χ4v) is 12.1. The van der Waals surface area contributed by atoms with Gasteiger partial charge in [-0.05, 0) is 59.7 Å². The molecule has 0 unspecified atom stereocenters. The Morgan fingerprint density at radius 3 is 1.40 bits per heavy atom. The second kappa shape index (κ2) is 19.5. The van der Waals surface area contributed by atoms with Gasteiger partial charge in [0, 0.05) is 5.75 Å². The van der Waals surface area contributed by atoms with Crippen molar-refractivity contribution < 1.29 is 0 Å². The fourth-order valence-electron chi connectivity index (χ4n) is 5.71. The van der Waals surface area contributed by atoms with E-state index in [0.29, 0.717) is 0 Å². The Morgan fingerprint density at radius 1 is 0.512 bits per heavy atom. The number of unbranched alkanes of at least 4 members (excludes halogenated alkanes) is 9. The molecule has 4 aromatic carbocycles. The average molecular weight is 644 g/mol. The van der Waals surface area contributed by atoms with E-state index in [1.54, 1.807) is 0 Å². The maximum Gasteiger partial charge on any atom is 0.116 e. The summed E-state index contributed by atoms with van der Waals surface area (Å²) in [7, 11) is -1.88. The van der Waals surface area contributed by atoms with Crippen LogP contribution < -0.4 is 15.9 Å². The minimum absolute atomic E-state index is 0.945. The fraction of sp³-hybridized carbons (Fsp3) is 0.359. The Balaban J connectivity index is 1.30. The molecule has 0 saturated heterocycles. The van der Waals surface area contributed by atoms with E-state index in [0.717, 1.165) is 21.2 Å². The Labute approximate surface area is 276 Å². The second-order valence-electron chi connectivity index (χ2n) is 11.4. The molecular formula is C39H48PS3+. The summed E-state index contributed by atoms with van der Waals surface area (Å²) in [4.78, 5) is 0. The van der Waals surface area contributed by atoms with Crippen molar-refractivity contribution in [3.63, 3.8) is 0 Å². The first-order valence-electron chi connectivity index (χ1n) is 16.1. The van der Waals surface area contributed by atoms with Crippen molar-refractivity contribution in [2.24, 2.45) is 0 Å². The average Bonchev–Trinajstić information content (AvgIpc) is 3.07. The summed E-state index contributed by atoms with van der Waals surface area (Å²) < 4.78 is 1.09. The molecule has 4 rings (SSSR count). The normalized spacial score (nSPS) is 11.5. The molecule has 0 N–H and O–H groups in total. The lowest BCUT2D eigenvalue weighted by Gasteiger charge is -2.28. The Kier molecular flexibility index (Phi) is 15.4. The van der Waals surface area contributed by atoms with Crippen LogP contribution in [-0.2, 0) is 11.9 Å². The summed E-state index contributed by atoms with van der Waals surface area (Å²) in [6.45, 7) is 2.29. The quantitative estimate of drug-likeness (QED) is 0.0601. The molecular weight excluding hydrogens is 596 g/mol. The summed E-state index contributed by atoms with van der Waals surface area (Å²) in [5.74, 6) is 2.10. The molecule has 0 spiro atoms. The zero-order chi connectivity index (χ0) is 30.0. The molecule has 0 amide bonds. The smallest absolute Gasteiger partial charge is 0.108 e. The number of benzene rings is 4. The highest BCUT2D eigenvalue weighted by molar-refractivity contribution is 8.46. The summed E-state index contributed by atoms with van der Waals surface area (Å²) in [6.07, 6.45) is 14.8. The lowest BCUT2D eigenvalue weighted by Crippen LogP contribution is -2.32. The Morgan fingerprint density at radius 2 is 0.930 bits per heavy atom. The maximum absolute atomic E-state index is 5.71. The van der Waals surface area contributed by atoms with E-state index in [1.807, 2.05) is 23.5 Å². The molecule has 43 heavy (non-hydrogen) atoms. The SMILES string of the molecule is CCCCCCCCCCCCSC(=S)SCc1ccc(C[P+](c2ccccc2)(c2ccccc2)c2ccccc2)cc1. The first-order chi connectivity index (χ1) is 21.2. The molecule has 4 heteroatoms. The summed E-state index contributed by atoms with van der Waals surface area (Å²) >= 11 is 9.41. The van der Waals surface area contributed by atoms with Crippen molar-refractivity contribution in [3.05, 3.63) is 126 Å². The van der Waals surface area contributed by atoms with Crippen molar-refractivity contribution in [2.75, 3.05) is 5.75 Å². The number of hydrogen-bond acceptors (Lipinski definition) is 3. The molecule has 0 aliphatic heterocycles. The van der Waals surface area contributed by atoms with Crippen molar-refractivity contribution >= 4 is 62.4 Å². The highest BCUT2D eigenvalue weighted by atomic mass is 32.2. The third kappa shape index (κ3) is 10.9. The minimum Gasteiger partial charge on any atom is -0.108 e. The Hall–Kier alpha value is -1.90. The van der Waals surface area contributed by atoms with Crippen LogP contribution in [0.15, 0.2) is 115 Å². The maximum atomic E-state index is 5.71. The highest BCUT2D eigenvalue weighted by Gasteiger charge is 2.45. The third-order valence-corrected chi connectivity index (χ3v) is 15.3. The number of thiocarbonyl (C=S) groups is 1. The first kappa shape index (κ1) is 34.0. The van der Waals surface area contributed by atoms with Gasteiger partial charge in [0.1, 0.15) is 26.7 Å². The monoisotopic (exact) mass is 643 g/mol. The van der Waals surface area contributed by atoms with Gasteiger partial charge in [-0.3, -0.25) is 0 Å². The van der Waals surface area contributed by atoms with Gasteiger partial charge >= 0.3 is 0 Å². The predicted molar refractivity (Wildman–Crippen MR) is 203 cm³/mol. The van der Waals surface area contributed by atoms with E-state index in [-0.39, 0.29) is 0 Å². The standard InChI is InChI=1S/C39H48PS3/c1-2-3-4-5-6-7-8-9-10-20-31-42-39(41)43-33-35-29-27-34(28-30-35)32-40(36-21-14-11-15-22-36,37-23-16-12-17-24-37)38-25-18-13-19-26-38/h11-19,21-30H,2-10,20,31-33H2,1H3/q+1. The molecule has 226 valence electrons. The summed E-state index contributed by atoms with van der Waals surface area (Å²) in [6, 6.07) is 42.8. The Bertz CT molecular complexity index is 1210. The van der Waals surface area contributed by atoms with Crippen LogP contribution in [0.25, 0.3) is 0 Å². The molecule has 0 fully saturated rings. The number of hydrogen-bond donors (Lipinski definition) is 0. The van der Waals surface area contributed by atoms with Crippen molar-refractivity contribution in [3.8, 4) is 0 Å². The second-order valence-corrected chi connectivity index (χ2v) is 18.1. The van der Waals surface area contributed by atoms with Crippen LogP contribution in [0.3, 0.4) is 0 Å². The van der Waals surface area contributed by atoms with Crippen LogP contribution in [0.1, 0.15) is 82.3 Å². The largest absolute Gasteiger partial charge is 0.116 e. The molecule has 0 aromatic heterocycles. The first-order valence-corrected chi connectivity index (χ1v) is 20.5. The number of thioether (sulfide) groups is 2. The molecule has 4 aromatic rings. The van der Waals surface area contributed by atoms with Gasteiger partial charge in [-0.2, -0.15) is 0 Å².